The molecule has 0 aliphatic heterocycles. The molecule has 1 N–H and O–H groups in total. The zero-order chi connectivity index (χ0) is 13.7. The van der Waals surface area contributed by atoms with Crippen LogP contribution in [0.25, 0.3) is 0 Å². The van der Waals surface area contributed by atoms with E-state index in [-0.39, 0.29) is 17.4 Å². The monoisotopic (exact) mass is 275 g/mol. The van der Waals surface area contributed by atoms with E-state index >= 15 is 0 Å². The number of rotatable bonds is 5. The number of amides is 1. The van der Waals surface area contributed by atoms with Gasteiger partial charge in [0.05, 0.1) is 5.56 Å². The van der Waals surface area contributed by atoms with Crippen LogP contribution >= 0.6 is 0 Å². The molecule has 0 spiro atoms. The van der Waals surface area contributed by atoms with Gasteiger partial charge in [-0.15, -0.1) is 0 Å². The van der Waals surface area contributed by atoms with E-state index in [0.717, 1.165) is 6.07 Å². The third kappa shape index (κ3) is 3.87. The highest BCUT2D eigenvalue weighted by Crippen LogP contribution is 2.11. The van der Waals surface area contributed by atoms with Gasteiger partial charge >= 0.3 is 0 Å². The molecule has 2 unspecified atom stereocenters. The van der Waals surface area contributed by atoms with Crippen molar-refractivity contribution in [3.8, 4) is 0 Å². The Morgan fingerprint density at radius 1 is 1.44 bits per heavy atom. The SMILES string of the molecule is CC(CCNC(=O)c1cccc(F)c1F)S(C)=O. The first-order valence-corrected chi connectivity index (χ1v) is 7.10. The van der Waals surface area contributed by atoms with Gasteiger partial charge in [-0.25, -0.2) is 8.78 Å². The van der Waals surface area contributed by atoms with Gasteiger partial charge in [-0.05, 0) is 18.6 Å². The van der Waals surface area contributed by atoms with Gasteiger partial charge in [0, 0.05) is 28.9 Å². The van der Waals surface area contributed by atoms with Crippen LogP contribution in [0, 0.1) is 11.6 Å². The van der Waals surface area contributed by atoms with Crippen molar-refractivity contribution >= 4 is 16.7 Å². The molecule has 1 rings (SSSR count). The molecule has 0 bridgehead atoms. The van der Waals surface area contributed by atoms with E-state index in [1.807, 2.05) is 0 Å². The number of hydrogen-bond donors (Lipinski definition) is 1. The third-order valence-electron chi connectivity index (χ3n) is 2.60. The van der Waals surface area contributed by atoms with Gasteiger partial charge in [-0.2, -0.15) is 0 Å². The highest BCUT2D eigenvalue weighted by Gasteiger charge is 2.15. The molecule has 100 valence electrons. The molecule has 1 aromatic carbocycles. The highest BCUT2D eigenvalue weighted by molar-refractivity contribution is 7.84. The fourth-order valence-electron chi connectivity index (χ4n) is 1.33. The fourth-order valence-corrected chi connectivity index (χ4v) is 1.78. The molecule has 0 aliphatic rings. The van der Waals surface area contributed by atoms with Gasteiger partial charge in [0.15, 0.2) is 11.6 Å². The van der Waals surface area contributed by atoms with Crippen molar-refractivity contribution in [2.24, 2.45) is 0 Å². The summed E-state index contributed by atoms with van der Waals surface area (Å²) in [4.78, 5) is 11.6. The van der Waals surface area contributed by atoms with E-state index in [9.17, 15) is 17.8 Å². The molecule has 0 radical (unpaired) electrons. The van der Waals surface area contributed by atoms with Crippen LogP contribution in [0.2, 0.25) is 0 Å². The number of nitrogens with one attached hydrogen (secondary N) is 1. The van der Waals surface area contributed by atoms with Crippen molar-refractivity contribution in [3.63, 3.8) is 0 Å². The summed E-state index contributed by atoms with van der Waals surface area (Å²) in [5, 5.41) is 2.42. The van der Waals surface area contributed by atoms with Crippen molar-refractivity contribution in [2.75, 3.05) is 12.8 Å². The Balaban J connectivity index is 2.56. The summed E-state index contributed by atoms with van der Waals surface area (Å²) in [7, 11) is -0.963. The first kappa shape index (κ1) is 14.8. The molecule has 0 fully saturated rings. The lowest BCUT2D eigenvalue weighted by molar-refractivity contribution is 0.0948. The van der Waals surface area contributed by atoms with E-state index in [1.165, 1.54) is 12.1 Å². The van der Waals surface area contributed by atoms with Gasteiger partial charge in [-0.1, -0.05) is 13.0 Å². The van der Waals surface area contributed by atoms with Gasteiger partial charge < -0.3 is 5.32 Å². The van der Waals surface area contributed by atoms with Gasteiger partial charge in [0.1, 0.15) is 0 Å². The summed E-state index contributed by atoms with van der Waals surface area (Å²) < 4.78 is 37.3. The van der Waals surface area contributed by atoms with Crippen LogP contribution < -0.4 is 5.32 Å². The second-order valence-electron chi connectivity index (χ2n) is 3.96. The maximum Gasteiger partial charge on any atom is 0.254 e. The molecule has 0 saturated carbocycles. The summed E-state index contributed by atoms with van der Waals surface area (Å²) in [5.74, 6) is -2.87. The number of halogens is 2. The van der Waals surface area contributed by atoms with Crippen molar-refractivity contribution in [1.82, 2.24) is 5.32 Å². The van der Waals surface area contributed by atoms with Crippen LogP contribution in [-0.4, -0.2) is 28.2 Å². The Bertz CT molecular complexity index is 465. The first-order valence-electron chi connectivity index (χ1n) is 5.48. The number of carbonyl (C=O) groups excluding carboxylic acids is 1. The van der Waals surface area contributed by atoms with Crippen LogP contribution in [0.5, 0.6) is 0 Å². The van der Waals surface area contributed by atoms with Gasteiger partial charge in [0.25, 0.3) is 5.91 Å². The average Bonchev–Trinajstić information content (AvgIpc) is 2.32. The summed E-state index contributed by atoms with van der Waals surface area (Å²) >= 11 is 0. The summed E-state index contributed by atoms with van der Waals surface area (Å²) in [6.45, 7) is 2.07. The predicted molar refractivity (Wildman–Crippen MR) is 66.8 cm³/mol. The molecule has 0 aliphatic carbocycles. The number of benzene rings is 1. The van der Waals surface area contributed by atoms with Crippen LogP contribution in [0.4, 0.5) is 8.78 Å². The minimum atomic E-state index is -1.15. The first-order chi connectivity index (χ1) is 8.43. The van der Waals surface area contributed by atoms with Crippen LogP contribution in [0.3, 0.4) is 0 Å². The maximum absolute atomic E-state index is 13.3. The smallest absolute Gasteiger partial charge is 0.254 e. The zero-order valence-electron chi connectivity index (χ0n) is 10.2. The van der Waals surface area contributed by atoms with E-state index in [4.69, 9.17) is 0 Å². The Morgan fingerprint density at radius 2 is 2.11 bits per heavy atom. The van der Waals surface area contributed by atoms with Crippen LogP contribution in [-0.2, 0) is 10.8 Å². The largest absolute Gasteiger partial charge is 0.352 e. The van der Waals surface area contributed by atoms with Crippen LogP contribution in [0.15, 0.2) is 18.2 Å². The quantitative estimate of drug-likeness (QED) is 0.891. The van der Waals surface area contributed by atoms with Crippen LogP contribution in [0.1, 0.15) is 23.7 Å². The Labute approximate surface area is 107 Å². The molecule has 6 heteroatoms. The molecule has 3 nitrogen and oxygen atoms in total. The van der Waals surface area contributed by atoms with E-state index in [0.29, 0.717) is 6.42 Å². The molecule has 2 atom stereocenters. The third-order valence-corrected chi connectivity index (χ3v) is 3.97. The second kappa shape index (κ2) is 6.58. The molecule has 1 aromatic rings. The van der Waals surface area contributed by atoms with E-state index in [2.05, 4.69) is 5.32 Å². The average molecular weight is 275 g/mol. The summed E-state index contributed by atoms with van der Waals surface area (Å²) in [6, 6.07) is 3.45. The van der Waals surface area contributed by atoms with Crippen molar-refractivity contribution in [3.05, 3.63) is 35.4 Å². The lowest BCUT2D eigenvalue weighted by Crippen LogP contribution is -2.28. The van der Waals surface area contributed by atoms with E-state index in [1.54, 1.807) is 13.2 Å². The lowest BCUT2D eigenvalue weighted by atomic mass is 10.2. The minimum absolute atomic E-state index is 0.0531. The highest BCUT2D eigenvalue weighted by atomic mass is 32.2. The molecule has 0 saturated heterocycles. The molecule has 18 heavy (non-hydrogen) atoms. The van der Waals surface area contributed by atoms with Gasteiger partial charge in [-0.3, -0.25) is 9.00 Å². The normalized spacial score (nSPS) is 14.0. The van der Waals surface area contributed by atoms with E-state index < -0.39 is 28.3 Å². The second-order valence-corrected chi connectivity index (χ2v) is 5.76. The molecular formula is C12H15F2NO2S. The fraction of sp³-hybridized carbons (Fsp3) is 0.417. The predicted octanol–water partition coefficient (Wildman–Crippen LogP) is 1.85. The Hall–Kier alpha value is -1.30. The lowest BCUT2D eigenvalue weighted by Gasteiger charge is -2.09. The Kier molecular flexibility index (Phi) is 5.40. The van der Waals surface area contributed by atoms with Crippen molar-refractivity contribution < 1.29 is 17.8 Å². The molecule has 0 heterocycles. The topological polar surface area (TPSA) is 46.2 Å². The number of carbonyl (C=O) groups is 1. The van der Waals surface area contributed by atoms with Crippen molar-refractivity contribution in [2.45, 2.75) is 18.6 Å². The number of hydrogen-bond acceptors (Lipinski definition) is 2. The summed E-state index contributed by atoms with van der Waals surface area (Å²) in [6.07, 6.45) is 2.10. The Morgan fingerprint density at radius 3 is 2.72 bits per heavy atom. The summed E-state index contributed by atoms with van der Waals surface area (Å²) in [5.41, 5.74) is -0.319. The molecule has 0 aromatic heterocycles. The molecular weight excluding hydrogens is 260 g/mol. The standard InChI is InChI=1S/C12H15F2NO2S/c1-8(18(2)17)6-7-15-12(16)9-4-3-5-10(13)11(9)14/h3-5,8H,6-7H2,1-2H3,(H,15,16). The zero-order valence-corrected chi connectivity index (χ0v) is 11.0. The van der Waals surface area contributed by atoms with Crippen molar-refractivity contribution in [1.29, 1.82) is 0 Å². The minimum Gasteiger partial charge on any atom is -0.352 e. The maximum atomic E-state index is 13.3. The van der Waals surface area contributed by atoms with Gasteiger partial charge in [0.2, 0.25) is 0 Å². The molecule has 1 amide bonds.